The van der Waals surface area contributed by atoms with Crippen LogP contribution in [0.25, 0.3) is 0 Å². The van der Waals surface area contributed by atoms with E-state index >= 15 is 0 Å². The van der Waals surface area contributed by atoms with Crippen LogP contribution in [0.4, 0.5) is 0 Å². The highest BCUT2D eigenvalue weighted by Gasteiger charge is 2.38. The number of fused-ring (bicyclic) bond motifs is 3. The first-order valence-electron chi connectivity index (χ1n) is 10.4. The van der Waals surface area contributed by atoms with Gasteiger partial charge in [0.25, 0.3) is 5.91 Å². The number of rotatable bonds is 3. The summed E-state index contributed by atoms with van der Waals surface area (Å²) in [5, 5.41) is 12.6. The van der Waals surface area contributed by atoms with Crippen molar-refractivity contribution in [2.45, 2.75) is 30.0 Å². The van der Waals surface area contributed by atoms with E-state index in [1.54, 1.807) is 27.5 Å². The van der Waals surface area contributed by atoms with Crippen molar-refractivity contribution >= 4 is 17.7 Å². The molecule has 1 N–H and O–H groups in total. The van der Waals surface area contributed by atoms with Crippen molar-refractivity contribution < 1.29 is 9.90 Å². The molecule has 0 saturated heterocycles. The maximum atomic E-state index is 13.1. The van der Waals surface area contributed by atoms with Gasteiger partial charge in [-0.05, 0) is 29.2 Å². The van der Waals surface area contributed by atoms with Gasteiger partial charge in [0.2, 0.25) is 5.43 Å². The molecule has 158 valence electrons. The minimum absolute atomic E-state index is 0.0269. The molecule has 0 aliphatic carbocycles. The summed E-state index contributed by atoms with van der Waals surface area (Å²) >= 11 is 1.80. The average molecular weight is 434 g/mol. The van der Waals surface area contributed by atoms with Crippen molar-refractivity contribution in [1.82, 2.24) is 9.58 Å². The first kappa shape index (κ1) is 19.8. The van der Waals surface area contributed by atoms with Crippen LogP contribution in [0.5, 0.6) is 5.75 Å². The number of nitrogens with zero attached hydrogens (tertiary/aromatic N) is 3. The second kappa shape index (κ2) is 7.81. The van der Waals surface area contributed by atoms with Crippen LogP contribution < -0.4 is 10.4 Å². The van der Waals surface area contributed by atoms with E-state index in [-0.39, 0.29) is 17.6 Å². The van der Waals surface area contributed by atoms with E-state index in [1.807, 2.05) is 31.2 Å². The van der Waals surface area contributed by atoms with Gasteiger partial charge in [-0.25, -0.2) is 0 Å². The minimum Gasteiger partial charge on any atom is -0.502 e. The third kappa shape index (κ3) is 3.20. The second-order valence-electron chi connectivity index (χ2n) is 7.80. The molecule has 0 fully saturated rings. The Bertz CT molecular complexity index is 1180. The number of hydrogen-bond donors (Lipinski definition) is 1. The molecular formula is C24H23N3O3S. The van der Waals surface area contributed by atoms with Gasteiger partial charge < -0.3 is 10.0 Å². The molecule has 3 aromatic rings. The minimum atomic E-state index is -0.546. The Balaban J connectivity index is 1.77. The standard InChI is InChI=1S/C24H23N3O3S/c1-2-12-25-15-27(26-13-11-19(28)23(29)22(26)24(25)30)21-17-8-4-3-7-16(17)14-31-20-10-6-5-9-18(20)21/h3-11,13,21,29H,2,12,14-15H2,1H3. The predicted octanol–water partition coefficient (Wildman–Crippen LogP) is 3.71. The summed E-state index contributed by atoms with van der Waals surface area (Å²) in [6.45, 7) is 2.92. The number of hydrogen-bond acceptors (Lipinski definition) is 5. The molecule has 0 spiro atoms. The molecule has 1 amide bonds. The highest BCUT2D eigenvalue weighted by molar-refractivity contribution is 7.98. The van der Waals surface area contributed by atoms with Crippen molar-refractivity contribution in [3.63, 3.8) is 0 Å². The van der Waals surface area contributed by atoms with E-state index in [2.05, 4.69) is 29.3 Å². The van der Waals surface area contributed by atoms with Crippen LogP contribution >= 0.6 is 11.8 Å². The zero-order valence-corrected chi connectivity index (χ0v) is 18.0. The number of aromatic nitrogens is 1. The van der Waals surface area contributed by atoms with Crippen molar-refractivity contribution in [3.05, 3.63) is 93.4 Å². The Morgan fingerprint density at radius 2 is 1.77 bits per heavy atom. The maximum absolute atomic E-state index is 13.1. The van der Waals surface area contributed by atoms with Gasteiger partial charge in [0.15, 0.2) is 11.4 Å². The molecule has 0 bridgehead atoms. The Morgan fingerprint density at radius 1 is 1.03 bits per heavy atom. The molecule has 31 heavy (non-hydrogen) atoms. The fourth-order valence-electron chi connectivity index (χ4n) is 4.45. The number of carbonyl (C=O) groups excluding carboxylic acids is 1. The van der Waals surface area contributed by atoms with Crippen LogP contribution in [0.1, 0.15) is 46.6 Å². The number of carbonyl (C=O) groups is 1. The summed E-state index contributed by atoms with van der Waals surface area (Å²) in [6.07, 6.45) is 2.38. The van der Waals surface area contributed by atoms with Gasteiger partial charge in [-0.2, -0.15) is 0 Å². The molecule has 1 atom stereocenters. The van der Waals surface area contributed by atoms with E-state index in [1.165, 1.54) is 16.5 Å². The second-order valence-corrected chi connectivity index (χ2v) is 8.82. The molecule has 0 radical (unpaired) electrons. The molecular weight excluding hydrogens is 410 g/mol. The van der Waals surface area contributed by atoms with Crippen molar-refractivity contribution in [1.29, 1.82) is 0 Å². The summed E-state index contributed by atoms with van der Waals surface area (Å²) in [4.78, 5) is 28.2. The Kier molecular flexibility index (Phi) is 4.98. The highest BCUT2D eigenvalue weighted by Crippen LogP contribution is 2.42. The number of pyridine rings is 1. The quantitative estimate of drug-likeness (QED) is 0.682. The average Bonchev–Trinajstić information content (AvgIpc) is 2.95. The molecule has 3 heterocycles. The van der Waals surface area contributed by atoms with Crippen molar-refractivity contribution in [2.24, 2.45) is 0 Å². The van der Waals surface area contributed by atoms with Crippen LogP contribution in [-0.2, 0) is 5.75 Å². The van der Waals surface area contributed by atoms with E-state index in [0.29, 0.717) is 13.2 Å². The lowest BCUT2D eigenvalue weighted by Gasteiger charge is -2.44. The van der Waals surface area contributed by atoms with Gasteiger partial charge >= 0.3 is 0 Å². The zero-order valence-electron chi connectivity index (χ0n) is 17.2. The van der Waals surface area contributed by atoms with Gasteiger partial charge in [-0.1, -0.05) is 49.4 Å². The number of thioether (sulfide) groups is 1. The molecule has 6 nitrogen and oxygen atoms in total. The Labute approximate surface area is 184 Å². The molecule has 5 rings (SSSR count). The summed E-state index contributed by atoms with van der Waals surface area (Å²) in [5.41, 5.74) is 3.02. The molecule has 2 aliphatic heterocycles. The van der Waals surface area contributed by atoms with Gasteiger partial charge in [-0.3, -0.25) is 19.3 Å². The van der Waals surface area contributed by atoms with Crippen LogP contribution in [0.2, 0.25) is 0 Å². The van der Waals surface area contributed by atoms with Gasteiger partial charge in [0.1, 0.15) is 6.67 Å². The monoisotopic (exact) mass is 433 g/mol. The lowest BCUT2D eigenvalue weighted by atomic mass is 9.94. The molecule has 2 aromatic carbocycles. The fraction of sp³-hybridized carbons (Fsp3) is 0.250. The van der Waals surface area contributed by atoms with Gasteiger partial charge in [0, 0.05) is 29.5 Å². The summed E-state index contributed by atoms with van der Waals surface area (Å²) in [6, 6.07) is 17.8. The number of aromatic hydroxyl groups is 1. The topological polar surface area (TPSA) is 65.8 Å². The fourth-order valence-corrected chi connectivity index (χ4v) is 5.55. The van der Waals surface area contributed by atoms with Crippen molar-refractivity contribution in [2.75, 3.05) is 18.2 Å². The molecule has 0 saturated carbocycles. The van der Waals surface area contributed by atoms with E-state index < -0.39 is 11.2 Å². The van der Waals surface area contributed by atoms with Crippen molar-refractivity contribution in [3.8, 4) is 5.75 Å². The van der Waals surface area contributed by atoms with Gasteiger partial charge in [0.05, 0.1) is 6.04 Å². The Hall–Kier alpha value is -3.19. The van der Waals surface area contributed by atoms with Crippen LogP contribution in [0.3, 0.4) is 0 Å². The Morgan fingerprint density at radius 3 is 2.58 bits per heavy atom. The zero-order chi connectivity index (χ0) is 21.5. The highest BCUT2D eigenvalue weighted by atomic mass is 32.2. The SMILES string of the molecule is CCCN1CN(C2c3ccccc3CSc3ccccc32)n2ccc(=O)c(O)c2C1=O. The molecule has 1 aromatic heterocycles. The summed E-state index contributed by atoms with van der Waals surface area (Å²) in [7, 11) is 0. The third-order valence-electron chi connectivity index (χ3n) is 5.87. The molecule has 7 heteroatoms. The lowest BCUT2D eigenvalue weighted by Crippen LogP contribution is -2.55. The first-order chi connectivity index (χ1) is 15.1. The number of amides is 1. The maximum Gasteiger partial charge on any atom is 0.277 e. The lowest BCUT2D eigenvalue weighted by molar-refractivity contribution is 0.0679. The predicted molar refractivity (Wildman–Crippen MR) is 121 cm³/mol. The third-order valence-corrected chi connectivity index (χ3v) is 7.01. The van der Waals surface area contributed by atoms with E-state index in [0.717, 1.165) is 23.3 Å². The van der Waals surface area contributed by atoms with Crippen LogP contribution in [0.15, 0.2) is 70.5 Å². The molecule has 1 unspecified atom stereocenters. The summed E-state index contributed by atoms with van der Waals surface area (Å²) in [5.74, 6) is 0.0398. The molecule has 2 aliphatic rings. The van der Waals surface area contributed by atoms with Gasteiger partial charge in [-0.15, -0.1) is 11.8 Å². The van der Waals surface area contributed by atoms with Crippen LogP contribution in [0, 0.1) is 0 Å². The smallest absolute Gasteiger partial charge is 0.277 e. The van der Waals surface area contributed by atoms with E-state index in [9.17, 15) is 14.7 Å². The largest absolute Gasteiger partial charge is 0.502 e. The first-order valence-corrected chi connectivity index (χ1v) is 11.4. The summed E-state index contributed by atoms with van der Waals surface area (Å²) < 4.78 is 1.67. The number of benzene rings is 2. The van der Waals surface area contributed by atoms with E-state index in [4.69, 9.17) is 0 Å². The van der Waals surface area contributed by atoms with Crippen LogP contribution in [-0.4, -0.2) is 33.8 Å². The normalized spacial score (nSPS) is 17.6.